The van der Waals surface area contributed by atoms with Crippen LogP contribution in [-0.2, 0) is 38.0 Å². The number of ether oxygens (including phenoxy) is 7. The Labute approximate surface area is 460 Å². The van der Waals surface area contributed by atoms with Gasteiger partial charge in [-0.25, -0.2) is 0 Å². The highest BCUT2D eigenvalue weighted by Gasteiger charge is 2.31. The van der Waals surface area contributed by atoms with E-state index in [4.69, 9.17) is 33.2 Å². The summed E-state index contributed by atoms with van der Waals surface area (Å²) in [5, 5.41) is 45.9. The zero-order valence-electron chi connectivity index (χ0n) is 45.5. The average Bonchev–Trinajstić information content (AvgIpc) is 3.94. The normalized spacial score (nSPS) is 14.7. The SMILES string of the molecule is CNc1cc(C)ccc1C1CCN(C[C@@H](O)C2CCN(C(=O)c3cc4ccc(OCCOCCOCCOCCNC(=O)CCC(=O)NCCOCCOCCOCCNc5ccc([N+](=O)[O-])cc5[N+](=O)[O-])cc4[nH]3)CC2)CC1. The highest BCUT2D eigenvalue weighted by atomic mass is 16.6. The van der Waals surface area contributed by atoms with Gasteiger partial charge in [0.1, 0.15) is 23.7 Å². The largest absolute Gasteiger partial charge is 0.491 e. The molecule has 3 amide bonds. The van der Waals surface area contributed by atoms with E-state index < -0.39 is 21.6 Å². The number of β-amino-alcohol motifs (C(OH)–C–C–N with tert-alkyl or cyclic N) is 1. The van der Waals surface area contributed by atoms with Gasteiger partial charge in [0, 0.05) is 87.9 Å². The second kappa shape index (κ2) is 33.8. The van der Waals surface area contributed by atoms with Crippen molar-refractivity contribution in [1.82, 2.24) is 25.4 Å². The maximum atomic E-state index is 13.5. The second-order valence-electron chi connectivity index (χ2n) is 19.4. The van der Waals surface area contributed by atoms with Gasteiger partial charge in [-0.05, 0) is 99.0 Å². The van der Waals surface area contributed by atoms with E-state index >= 15 is 0 Å². The molecule has 0 unspecified atom stereocenters. The number of aryl methyl sites for hydroxylation is 1. The number of non-ortho nitro benzene ring substituents is 1. The molecule has 3 aromatic carbocycles. The van der Waals surface area contributed by atoms with E-state index in [0.29, 0.717) is 110 Å². The van der Waals surface area contributed by atoms with E-state index in [0.717, 1.165) is 55.7 Å². The number of piperidine rings is 2. The van der Waals surface area contributed by atoms with Crippen molar-refractivity contribution < 1.29 is 62.5 Å². The number of rotatable bonds is 37. The summed E-state index contributed by atoms with van der Waals surface area (Å²) in [6, 6.07) is 17.6. The number of nitrogens with zero attached hydrogens (tertiary/aromatic N) is 4. The van der Waals surface area contributed by atoms with E-state index in [1.807, 2.05) is 36.2 Å². The predicted octanol–water partition coefficient (Wildman–Crippen LogP) is 5.03. The van der Waals surface area contributed by atoms with Gasteiger partial charge in [-0.1, -0.05) is 12.1 Å². The molecule has 79 heavy (non-hydrogen) atoms. The summed E-state index contributed by atoms with van der Waals surface area (Å²) in [6.07, 6.45) is 3.38. The Morgan fingerprint density at radius 3 is 1.84 bits per heavy atom. The minimum atomic E-state index is -0.696. The number of nitro groups is 2. The molecule has 1 atom stereocenters. The van der Waals surface area contributed by atoms with Crippen LogP contribution in [0.3, 0.4) is 0 Å². The Morgan fingerprint density at radius 2 is 1.25 bits per heavy atom. The smallest absolute Gasteiger partial charge is 0.299 e. The Bertz CT molecular complexity index is 2530. The first-order valence-electron chi connectivity index (χ1n) is 27.3. The number of anilines is 2. The minimum Gasteiger partial charge on any atom is -0.491 e. The van der Waals surface area contributed by atoms with Crippen molar-refractivity contribution in [2.75, 3.05) is 156 Å². The summed E-state index contributed by atoms with van der Waals surface area (Å²) in [7, 11) is 1.99. The molecular weight excluding hydrogens is 1030 g/mol. The van der Waals surface area contributed by atoms with Gasteiger partial charge < -0.3 is 74.3 Å². The van der Waals surface area contributed by atoms with Crippen LogP contribution in [0.1, 0.15) is 66.1 Å². The first-order chi connectivity index (χ1) is 38.4. The van der Waals surface area contributed by atoms with Gasteiger partial charge in [-0.2, -0.15) is 0 Å². The first kappa shape index (κ1) is 61.7. The summed E-state index contributed by atoms with van der Waals surface area (Å²) in [5.41, 5.74) is 4.61. The van der Waals surface area contributed by atoms with Crippen LogP contribution in [0, 0.1) is 33.1 Å². The standard InChI is InChI=1S/C55H79N9O15/c1-40-3-7-46(49(35-40)56-2)41-11-18-61(19-12-41)39-52(65)42-13-20-62(21-14-42)55(68)50-36-43-4-6-45(38-48(43)60-50)79-34-33-78-32-31-77-30-27-75-24-17-59-54(67)10-9-53(66)58-16-23-74-26-29-76-28-25-73-22-15-57-47-8-5-44(63(69)70)37-51(47)64(71)72/h3-8,35-38,41-42,52,56-57,60,65H,9-34,39H2,1-2H3,(H,58,66)(H,59,67)/t52-/m1/s1. The number of amides is 3. The first-order valence-corrected chi connectivity index (χ1v) is 27.3. The number of aliphatic hydroxyl groups excluding tert-OH is 1. The molecule has 24 nitrogen and oxygen atoms in total. The lowest BCUT2D eigenvalue weighted by Crippen LogP contribution is -2.45. The van der Waals surface area contributed by atoms with E-state index in [9.17, 15) is 39.7 Å². The molecular formula is C55H79N9O15. The molecule has 0 aliphatic carbocycles. The molecule has 6 rings (SSSR count). The van der Waals surface area contributed by atoms with Crippen molar-refractivity contribution in [2.24, 2.45) is 5.92 Å². The lowest BCUT2D eigenvalue weighted by atomic mass is 9.86. The number of aliphatic hydroxyl groups is 1. The highest BCUT2D eigenvalue weighted by molar-refractivity contribution is 5.98. The van der Waals surface area contributed by atoms with Crippen molar-refractivity contribution in [2.45, 2.75) is 57.5 Å². The van der Waals surface area contributed by atoms with Crippen LogP contribution in [-0.4, -0.2) is 199 Å². The zero-order chi connectivity index (χ0) is 56.2. The number of fused-ring (bicyclic) bond motifs is 1. The summed E-state index contributed by atoms with van der Waals surface area (Å²) in [5.74, 6) is 0.794. The van der Waals surface area contributed by atoms with E-state index in [-0.39, 0.29) is 80.8 Å². The Hall–Kier alpha value is -6.51. The van der Waals surface area contributed by atoms with Gasteiger partial charge in [0.2, 0.25) is 11.8 Å². The van der Waals surface area contributed by atoms with Crippen molar-refractivity contribution in [3.63, 3.8) is 0 Å². The van der Waals surface area contributed by atoms with Crippen LogP contribution in [0.5, 0.6) is 5.75 Å². The minimum absolute atomic E-state index is 0.0349. The number of hydrogen-bond donors (Lipinski definition) is 6. The van der Waals surface area contributed by atoms with Gasteiger partial charge in [0.05, 0.1) is 101 Å². The molecule has 4 aromatic rings. The fourth-order valence-corrected chi connectivity index (χ4v) is 9.47. The lowest BCUT2D eigenvalue weighted by Gasteiger charge is -2.38. The number of nitrogens with one attached hydrogen (secondary N) is 5. The van der Waals surface area contributed by atoms with Crippen LogP contribution in [0.15, 0.2) is 60.7 Å². The molecule has 1 aromatic heterocycles. The summed E-state index contributed by atoms with van der Waals surface area (Å²) in [4.78, 5) is 66.0. The third-order valence-electron chi connectivity index (χ3n) is 13.8. The number of benzene rings is 3. The number of carbonyl (C=O) groups is 3. The summed E-state index contributed by atoms with van der Waals surface area (Å²) >= 11 is 0. The maximum absolute atomic E-state index is 13.5. The zero-order valence-corrected chi connectivity index (χ0v) is 45.5. The number of H-pyrrole nitrogens is 1. The van der Waals surface area contributed by atoms with Crippen LogP contribution in [0.2, 0.25) is 0 Å². The number of hydrogen-bond acceptors (Lipinski definition) is 18. The number of nitro benzene ring substituents is 2. The van der Waals surface area contributed by atoms with Crippen LogP contribution in [0.4, 0.5) is 22.7 Å². The quantitative estimate of drug-likeness (QED) is 0.0196. The summed E-state index contributed by atoms with van der Waals surface area (Å²) in [6.45, 7) is 11.0. The molecule has 6 N–H and O–H groups in total. The molecule has 2 aliphatic rings. The summed E-state index contributed by atoms with van der Waals surface area (Å²) < 4.78 is 38.9. The molecule has 0 saturated carbocycles. The number of likely N-dealkylation sites (tertiary alicyclic amines) is 2. The lowest BCUT2D eigenvalue weighted by molar-refractivity contribution is -0.393. The Kier molecular flexibility index (Phi) is 26.4. The van der Waals surface area contributed by atoms with Crippen molar-refractivity contribution >= 4 is 51.4 Å². The monoisotopic (exact) mass is 1110 g/mol. The van der Waals surface area contributed by atoms with Crippen molar-refractivity contribution in [3.05, 3.63) is 97.7 Å². The van der Waals surface area contributed by atoms with Gasteiger partial charge in [-0.15, -0.1) is 0 Å². The molecule has 2 saturated heterocycles. The highest BCUT2D eigenvalue weighted by Crippen LogP contribution is 2.34. The molecule has 24 heteroatoms. The van der Waals surface area contributed by atoms with Crippen LogP contribution < -0.4 is 26.0 Å². The molecule has 3 heterocycles. The molecule has 0 radical (unpaired) electrons. The van der Waals surface area contributed by atoms with Crippen LogP contribution >= 0.6 is 0 Å². The van der Waals surface area contributed by atoms with E-state index in [1.165, 1.54) is 28.9 Å². The molecule has 434 valence electrons. The Balaban J connectivity index is 0.686. The van der Waals surface area contributed by atoms with E-state index in [2.05, 4.69) is 56.3 Å². The third kappa shape index (κ3) is 21.2. The fraction of sp³-hybridized carbons (Fsp3) is 0.582. The fourth-order valence-electron chi connectivity index (χ4n) is 9.47. The van der Waals surface area contributed by atoms with Crippen molar-refractivity contribution in [1.29, 1.82) is 0 Å². The van der Waals surface area contributed by atoms with Gasteiger partial charge >= 0.3 is 0 Å². The molecule has 0 spiro atoms. The second-order valence-corrected chi connectivity index (χ2v) is 19.4. The third-order valence-corrected chi connectivity index (χ3v) is 13.8. The topological polar surface area (TPSA) is 293 Å². The van der Waals surface area contributed by atoms with Crippen molar-refractivity contribution in [3.8, 4) is 5.75 Å². The molecule has 2 fully saturated rings. The van der Waals surface area contributed by atoms with Gasteiger partial charge in [0.25, 0.3) is 17.3 Å². The number of aromatic amines is 1. The molecule has 2 aliphatic heterocycles. The average molecular weight is 1110 g/mol. The molecule has 0 bridgehead atoms. The van der Waals surface area contributed by atoms with Gasteiger partial charge in [-0.3, -0.25) is 34.6 Å². The number of carbonyl (C=O) groups excluding carboxylic acids is 3. The Morgan fingerprint density at radius 1 is 0.671 bits per heavy atom. The van der Waals surface area contributed by atoms with Crippen LogP contribution in [0.25, 0.3) is 10.9 Å². The van der Waals surface area contributed by atoms with Gasteiger partial charge in [0.15, 0.2) is 0 Å². The van der Waals surface area contributed by atoms with E-state index in [1.54, 1.807) is 0 Å². The number of aromatic nitrogens is 1. The maximum Gasteiger partial charge on any atom is 0.299 e. The predicted molar refractivity (Wildman–Crippen MR) is 296 cm³/mol.